The van der Waals surface area contributed by atoms with Gasteiger partial charge in [0.25, 0.3) is 5.22 Å². The van der Waals surface area contributed by atoms with Gasteiger partial charge in [0.05, 0.1) is 22.9 Å². The normalized spacial score (nSPS) is 11.1. The zero-order chi connectivity index (χ0) is 17.1. The molecule has 0 spiro atoms. The maximum absolute atomic E-state index is 5.65. The second-order valence-electron chi connectivity index (χ2n) is 5.33. The average Bonchev–Trinajstić information content (AvgIpc) is 3.36. The first-order valence-electron chi connectivity index (χ1n) is 7.63. The summed E-state index contributed by atoms with van der Waals surface area (Å²) in [6.45, 7) is 1.98. The Balaban J connectivity index is 1.37. The molecule has 3 heterocycles. The van der Waals surface area contributed by atoms with Crippen molar-refractivity contribution in [1.82, 2.24) is 20.3 Å². The van der Waals surface area contributed by atoms with E-state index in [1.54, 1.807) is 11.3 Å². The molecule has 0 aliphatic carbocycles. The van der Waals surface area contributed by atoms with Gasteiger partial charge in [0.1, 0.15) is 11.5 Å². The Bertz CT molecular complexity index is 962. The molecule has 4 rings (SSSR count). The molecule has 3 aromatic heterocycles. The number of benzene rings is 1. The highest BCUT2D eigenvalue weighted by Crippen LogP contribution is 2.25. The van der Waals surface area contributed by atoms with Gasteiger partial charge in [-0.2, -0.15) is 0 Å². The Kier molecular flexibility index (Phi) is 4.62. The molecule has 0 amide bonds. The highest BCUT2D eigenvalue weighted by molar-refractivity contribution is 7.98. The predicted molar refractivity (Wildman–Crippen MR) is 95.5 cm³/mol. The fourth-order valence-corrected chi connectivity index (χ4v) is 3.54. The van der Waals surface area contributed by atoms with Crippen molar-refractivity contribution in [2.24, 2.45) is 0 Å². The molecular weight excluding hydrogens is 356 g/mol. The first-order chi connectivity index (χ1) is 12.3. The standard InChI is InChI=1S/C17H14N4O2S2/c1-11-18-13(9-24-11)7-16-19-20-17(22-16)25-10-14-8-15(21-23-14)12-5-3-2-4-6-12/h2-6,8-9H,7,10H2,1H3. The molecule has 6 nitrogen and oxygen atoms in total. The molecule has 8 heteroatoms. The Morgan fingerprint density at radius 2 is 2.04 bits per heavy atom. The van der Waals surface area contributed by atoms with Crippen molar-refractivity contribution in [2.45, 2.75) is 24.3 Å². The summed E-state index contributed by atoms with van der Waals surface area (Å²) in [5.74, 6) is 1.91. The number of aromatic nitrogens is 4. The zero-order valence-electron chi connectivity index (χ0n) is 13.4. The fraction of sp³-hybridized carbons (Fsp3) is 0.176. The number of nitrogens with zero attached hydrogens (tertiary/aromatic N) is 4. The minimum Gasteiger partial charge on any atom is -0.416 e. The molecule has 0 aliphatic rings. The third-order valence-corrected chi connectivity index (χ3v) is 5.08. The second-order valence-corrected chi connectivity index (χ2v) is 7.32. The van der Waals surface area contributed by atoms with Gasteiger partial charge in [-0.3, -0.25) is 0 Å². The van der Waals surface area contributed by atoms with Crippen molar-refractivity contribution in [3.05, 3.63) is 64.1 Å². The third-order valence-electron chi connectivity index (χ3n) is 3.41. The smallest absolute Gasteiger partial charge is 0.277 e. The quantitative estimate of drug-likeness (QED) is 0.466. The Morgan fingerprint density at radius 1 is 1.16 bits per heavy atom. The van der Waals surface area contributed by atoms with Crippen molar-refractivity contribution in [3.8, 4) is 11.3 Å². The largest absolute Gasteiger partial charge is 0.416 e. The van der Waals surface area contributed by atoms with Crippen LogP contribution in [0.25, 0.3) is 11.3 Å². The van der Waals surface area contributed by atoms with Crippen LogP contribution in [-0.4, -0.2) is 20.3 Å². The Hall–Kier alpha value is -2.45. The van der Waals surface area contributed by atoms with Gasteiger partial charge in [0, 0.05) is 17.0 Å². The van der Waals surface area contributed by atoms with E-state index in [9.17, 15) is 0 Å². The molecule has 25 heavy (non-hydrogen) atoms. The van der Waals surface area contributed by atoms with Gasteiger partial charge >= 0.3 is 0 Å². The number of thiazole rings is 1. The molecular formula is C17H14N4O2S2. The number of hydrogen-bond donors (Lipinski definition) is 0. The van der Waals surface area contributed by atoms with E-state index >= 15 is 0 Å². The lowest BCUT2D eigenvalue weighted by atomic mass is 10.1. The van der Waals surface area contributed by atoms with E-state index in [1.165, 1.54) is 11.8 Å². The van der Waals surface area contributed by atoms with Crippen LogP contribution in [0.15, 0.2) is 55.9 Å². The van der Waals surface area contributed by atoms with E-state index in [2.05, 4.69) is 20.3 Å². The Labute approximate surface area is 152 Å². The topological polar surface area (TPSA) is 77.8 Å². The summed E-state index contributed by atoms with van der Waals surface area (Å²) in [6.07, 6.45) is 0.554. The van der Waals surface area contributed by atoms with E-state index in [1.807, 2.05) is 48.7 Å². The van der Waals surface area contributed by atoms with Crippen LogP contribution in [0.1, 0.15) is 22.4 Å². The van der Waals surface area contributed by atoms with Gasteiger partial charge in [0.2, 0.25) is 5.89 Å². The minimum absolute atomic E-state index is 0.514. The van der Waals surface area contributed by atoms with E-state index < -0.39 is 0 Å². The summed E-state index contributed by atoms with van der Waals surface area (Å²) in [7, 11) is 0. The monoisotopic (exact) mass is 370 g/mol. The average molecular weight is 370 g/mol. The zero-order valence-corrected chi connectivity index (χ0v) is 15.0. The van der Waals surface area contributed by atoms with Crippen LogP contribution < -0.4 is 0 Å². The summed E-state index contributed by atoms with van der Waals surface area (Å²) in [5, 5.41) is 15.8. The SMILES string of the molecule is Cc1nc(Cc2nnc(SCc3cc(-c4ccccc4)no3)o2)cs1. The maximum Gasteiger partial charge on any atom is 0.277 e. The van der Waals surface area contributed by atoms with E-state index in [-0.39, 0.29) is 0 Å². The lowest BCUT2D eigenvalue weighted by molar-refractivity contribution is 0.395. The van der Waals surface area contributed by atoms with E-state index in [4.69, 9.17) is 8.94 Å². The fourth-order valence-electron chi connectivity index (χ4n) is 2.27. The molecule has 126 valence electrons. The predicted octanol–water partition coefficient (Wildman–Crippen LogP) is 4.37. The van der Waals surface area contributed by atoms with Crippen LogP contribution in [0, 0.1) is 6.92 Å². The summed E-state index contributed by atoms with van der Waals surface area (Å²) in [4.78, 5) is 4.40. The molecule has 0 unspecified atom stereocenters. The molecule has 0 saturated heterocycles. The van der Waals surface area contributed by atoms with Crippen molar-refractivity contribution >= 4 is 23.1 Å². The van der Waals surface area contributed by atoms with Gasteiger partial charge in [-0.1, -0.05) is 47.3 Å². The second kappa shape index (κ2) is 7.20. The third kappa shape index (κ3) is 3.97. The van der Waals surface area contributed by atoms with Crippen LogP contribution in [-0.2, 0) is 12.2 Å². The summed E-state index contributed by atoms with van der Waals surface area (Å²) < 4.78 is 11.0. The summed E-state index contributed by atoms with van der Waals surface area (Å²) in [5.41, 5.74) is 2.80. The number of thioether (sulfide) groups is 1. The van der Waals surface area contributed by atoms with Crippen molar-refractivity contribution < 1.29 is 8.94 Å². The molecule has 0 atom stereocenters. The summed E-state index contributed by atoms with van der Waals surface area (Å²) >= 11 is 3.04. The highest BCUT2D eigenvalue weighted by atomic mass is 32.2. The summed E-state index contributed by atoms with van der Waals surface area (Å²) in [6, 6.07) is 11.8. The van der Waals surface area contributed by atoms with Crippen LogP contribution >= 0.6 is 23.1 Å². The molecule has 0 aliphatic heterocycles. The van der Waals surface area contributed by atoms with Crippen LogP contribution in [0.5, 0.6) is 0 Å². The molecule has 0 fully saturated rings. The number of rotatable bonds is 6. The van der Waals surface area contributed by atoms with Crippen LogP contribution in [0.2, 0.25) is 0 Å². The Morgan fingerprint density at radius 3 is 2.84 bits per heavy atom. The van der Waals surface area contributed by atoms with Crippen molar-refractivity contribution in [1.29, 1.82) is 0 Å². The molecule has 4 aromatic rings. The molecule has 0 radical (unpaired) electrons. The highest BCUT2D eigenvalue weighted by Gasteiger charge is 2.12. The van der Waals surface area contributed by atoms with E-state index in [0.717, 1.165) is 27.7 Å². The van der Waals surface area contributed by atoms with Gasteiger partial charge in [-0.05, 0) is 6.92 Å². The number of aryl methyl sites for hydroxylation is 1. The van der Waals surface area contributed by atoms with Gasteiger partial charge in [0.15, 0.2) is 0 Å². The first kappa shape index (κ1) is 16.0. The molecule has 0 N–H and O–H groups in total. The van der Waals surface area contributed by atoms with Gasteiger partial charge in [-0.25, -0.2) is 4.98 Å². The van der Waals surface area contributed by atoms with Crippen LogP contribution in [0.4, 0.5) is 0 Å². The molecule has 0 bridgehead atoms. The lowest BCUT2D eigenvalue weighted by Gasteiger charge is -1.92. The van der Waals surface area contributed by atoms with Crippen molar-refractivity contribution in [3.63, 3.8) is 0 Å². The number of hydrogen-bond acceptors (Lipinski definition) is 8. The van der Waals surface area contributed by atoms with Gasteiger partial charge in [-0.15, -0.1) is 21.5 Å². The minimum atomic E-state index is 0.514. The van der Waals surface area contributed by atoms with Gasteiger partial charge < -0.3 is 8.94 Å². The molecule has 1 aromatic carbocycles. The molecule has 0 saturated carbocycles. The lowest BCUT2D eigenvalue weighted by Crippen LogP contribution is -1.88. The first-order valence-corrected chi connectivity index (χ1v) is 9.50. The van der Waals surface area contributed by atoms with E-state index in [0.29, 0.717) is 23.3 Å². The maximum atomic E-state index is 5.65. The van der Waals surface area contributed by atoms with Crippen LogP contribution in [0.3, 0.4) is 0 Å². The van der Waals surface area contributed by atoms with Crippen molar-refractivity contribution in [2.75, 3.05) is 0 Å².